The van der Waals surface area contributed by atoms with Gasteiger partial charge in [-0.05, 0) is 73.2 Å². The maximum atomic E-state index is 14.3. The molecule has 6 aromatic carbocycles. The number of carbonyl (C=O) groups is 5. The number of hydrogen-bond donors (Lipinski definition) is 1. The van der Waals surface area contributed by atoms with E-state index in [0.29, 0.717) is 78.9 Å². The van der Waals surface area contributed by atoms with Crippen molar-refractivity contribution >= 4 is 69.6 Å². The molecule has 9 rings (SSSR count). The number of benzene rings is 6. The van der Waals surface area contributed by atoms with Crippen LogP contribution in [0.1, 0.15) is 78.9 Å². The first-order valence-electron chi connectivity index (χ1n) is 25.3. The molecule has 1 N–H and O–H groups in total. The SMILES string of the molecule is CCCCCCCC(=O)SC[C@@H](C(=O)NC)N(C)C(=O)Oc1ccc2c(c1)Oc1cc(N3CCN(C(=O)CC[P+](c4ccccc4)(c4ccccc4)c4ccccc4)CC3)ccc1C21OC(=O)c2ccccc21.[Cl-]. The number of fused-ring (bicyclic) bond motifs is 6. The normalized spacial score (nSPS) is 15.9. The Bertz CT molecular complexity index is 2860. The highest BCUT2D eigenvalue weighted by Gasteiger charge is 2.54. The molecule has 0 radical (unpaired) electrons. The average Bonchev–Trinajstić information content (AvgIpc) is 3.76. The summed E-state index contributed by atoms with van der Waals surface area (Å²) in [7, 11) is 0.780. The fourth-order valence-electron chi connectivity index (χ4n) is 10.4. The molecule has 1 unspecified atom stereocenters. The third-order valence-electron chi connectivity index (χ3n) is 14.3. The molecule has 0 bridgehead atoms. The minimum absolute atomic E-state index is 0. The van der Waals surface area contributed by atoms with E-state index in [1.165, 1.54) is 34.9 Å². The van der Waals surface area contributed by atoms with E-state index in [1.54, 1.807) is 30.3 Å². The van der Waals surface area contributed by atoms with Gasteiger partial charge in [0.15, 0.2) is 10.7 Å². The van der Waals surface area contributed by atoms with Gasteiger partial charge in [0.05, 0.1) is 18.1 Å². The van der Waals surface area contributed by atoms with Crippen LogP contribution in [0.25, 0.3) is 0 Å². The van der Waals surface area contributed by atoms with Crippen LogP contribution in [0.3, 0.4) is 0 Å². The number of hydrogen-bond acceptors (Lipinski definition) is 10. The van der Waals surface area contributed by atoms with Gasteiger partial charge in [-0.3, -0.25) is 19.3 Å². The maximum absolute atomic E-state index is 14.3. The van der Waals surface area contributed by atoms with Crippen molar-refractivity contribution in [3.63, 3.8) is 0 Å². The number of amides is 3. The molecule has 3 aliphatic rings. The molecular weight excluding hydrogens is 991 g/mol. The van der Waals surface area contributed by atoms with E-state index in [9.17, 15) is 24.0 Å². The monoisotopic (exact) mass is 1050 g/mol. The summed E-state index contributed by atoms with van der Waals surface area (Å²) in [6, 6.07) is 49.0. The summed E-state index contributed by atoms with van der Waals surface area (Å²) in [5.41, 5.74) is 1.81. The first-order valence-corrected chi connectivity index (χ1v) is 28.2. The number of anilines is 1. The summed E-state index contributed by atoms with van der Waals surface area (Å²) in [5.74, 6) is 0.235. The average molecular weight is 1050 g/mol. The van der Waals surface area contributed by atoms with Crippen LogP contribution < -0.4 is 48.0 Å². The van der Waals surface area contributed by atoms with Crippen molar-refractivity contribution in [1.82, 2.24) is 15.1 Å². The summed E-state index contributed by atoms with van der Waals surface area (Å²) in [6.07, 6.45) is 5.82. The van der Waals surface area contributed by atoms with Crippen molar-refractivity contribution in [2.45, 2.75) is 63.5 Å². The van der Waals surface area contributed by atoms with Gasteiger partial charge in [0.2, 0.25) is 11.8 Å². The molecule has 0 aliphatic carbocycles. The third kappa shape index (κ3) is 10.9. The summed E-state index contributed by atoms with van der Waals surface area (Å²) in [4.78, 5) is 72.9. The lowest BCUT2D eigenvalue weighted by Crippen LogP contribution is -3.00. The van der Waals surface area contributed by atoms with Gasteiger partial charge in [-0.25, -0.2) is 9.59 Å². The highest BCUT2D eigenvalue weighted by molar-refractivity contribution is 8.13. The molecule has 6 aromatic rings. The number of nitrogens with zero attached hydrogens (tertiary/aromatic N) is 3. The molecule has 1 fully saturated rings. The Morgan fingerprint density at radius 2 is 1.30 bits per heavy atom. The van der Waals surface area contributed by atoms with Crippen molar-refractivity contribution in [3.05, 3.63) is 174 Å². The summed E-state index contributed by atoms with van der Waals surface area (Å²) < 4.78 is 19.0. The van der Waals surface area contributed by atoms with Crippen LogP contribution in [0.15, 0.2) is 152 Å². The molecule has 2 atom stereocenters. The highest BCUT2D eigenvalue weighted by atomic mass is 35.5. The fraction of sp³-hybridized carbons (Fsp3) is 0.305. The number of unbranched alkanes of at least 4 members (excludes halogenated alkanes) is 4. The number of esters is 1. The van der Waals surface area contributed by atoms with E-state index in [2.05, 4.69) is 89.9 Å². The van der Waals surface area contributed by atoms with E-state index in [0.717, 1.165) is 49.6 Å². The Hall–Kier alpha value is -6.66. The van der Waals surface area contributed by atoms with Gasteiger partial charge in [0, 0.05) is 87.0 Å². The molecule has 1 spiro atoms. The van der Waals surface area contributed by atoms with Crippen LogP contribution in [0.5, 0.6) is 17.2 Å². The second kappa shape index (κ2) is 24.1. The quantitative estimate of drug-likeness (QED) is 0.0582. The predicted molar refractivity (Wildman–Crippen MR) is 291 cm³/mol. The van der Waals surface area contributed by atoms with Gasteiger partial charge in [0.1, 0.15) is 46.5 Å². The van der Waals surface area contributed by atoms with Crippen molar-refractivity contribution in [2.24, 2.45) is 0 Å². The minimum atomic E-state index is -2.18. The lowest BCUT2D eigenvalue weighted by atomic mass is 9.77. The molecule has 74 heavy (non-hydrogen) atoms. The number of nitrogens with one attached hydrogen (secondary N) is 1. The second-order valence-corrected chi connectivity index (χ2v) is 23.4. The molecule has 3 heterocycles. The zero-order valence-electron chi connectivity index (χ0n) is 42.0. The largest absolute Gasteiger partial charge is 1.00 e. The smallest absolute Gasteiger partial charge is 0.415 e. The van der Waals surface area contributed by atoms with Gasteiger partial charge in [-0.1, -0.05) is 117 Å². The topological polar surface area (TPSA) is 135 Å². The van der Waals surface area contributed by atoms with Crippen LogP contribution in [-0.4, -0.2) is 97.0 Å². The Labute approximate surface area is 444 Å². The van der Waals surface area contributed by atoms with Gasteiger partial charge in [0.25, 0.3) is 0 Å². The standard InChI is InChI=1S/C59H61N4O8PS.ClH/c1-4-5-6-7-17-28-55(65)73-41-51(56(66)60-2)61(3)58(68)69-43-30-32-50-53(40-43)70-52-39-42(29-31-49(52)59(50)48-27-19-18-26-47(48)57(67)71-59)62-34-36-63(37-35-62)54(64)33-38-72(44-20-11-8-12-21-44,45-22-13-9-14-23-45)46-24-15-10-16-25-46;/h8-16,18-27,29-32,39-40,51H,4-7,17,28,33-38,41H2,1-3H3;1H/t51-,59?;/m0./s1. The second-order valence-electron chi connectivity index (χ2n) is 18.7. The number of halogens is 1. The third-order valence-corrected chi connectivity index (χ3v) is 19.8. The number of piperazine rings is 1. The molecule has 3 amide bonds. The van der Waals surface area contributed by atoms with E-state index in [-0.39, 0.29) is 34.9 Å². The minimum Gasteiger partial charge on any atom is -1.00 e. The fourth-order valence-corrected chi connectivity index (χ4v) is 15.6. The van der Waals surface area contributed by atoms with E-state index < -0.39 is 36.9 Å². The van der Waals surface area contributed by atoms with Crippen molar-refractivity contribution in [3.8, 4) is 17.2 Å². The predicted octanol–water partition coefficient (Wildman–Crippen LogP) is 6.46. The first-order chi connectivity index (χ1) is 35.6. The van der Waals surface area contributed by atoms with E-state index in [1.807, 2.05) is 53.4 Å². The molecule has 384 valence electrons. The summed E-state index contributed by atoms with van der Waals surface area (Å²) >= 11 is 1.04. The van der Waals surface area contributed by atoms with Gasteiger partial charge in [-0.2, -0.15) is 0 Å². The lowest BCUT2D eigenvalue weighted by molar-refractivity contribution is -0.131. The first kappa shape index (κ1) is 53.6. The summed E-state index contributed by atoms with van der Waals surface area (Å²) in [6.45, 7) is 4.42. The van der Waals surface area contributed by atoms with Crippen LogP contribution in [-0.2, 0) is 24.7 Å². The molecule has 15 heteroatoms. The molecule has 0 aromatic heterocycles. The van der Waals surface area contributed by atoms with Crippen molar-refractivity contribution < 1.29 is 50.6 Å². The van der Waals surface area contributed by atoms with Crippen LogP contribution in [0.2, 0.25) is 0 Å². The van der Waals surface area contributed by atoms with E-state index >= 15 is 0 Å². The highest BCUT2D eigenvalue weighted by Crippen LogP contribution is 2.58. The zero-order valence-corrected chi connectivity index (χ0v) is 44.5. The van der Waals surface area contributed by atoms with Gasteiger partial charge < -0.3 is 41.7 Å². The van der Waals surface area contributed by atoms with Crippen LogP contribution in [0, 0.1) is 0 Å². The number of likely N-dealkylation sites (N-methyl/N-ethyl adjacent to an activating group) is 2. The molecule has 1 saturated heterocycles. The van der Waals surface area contributed by atoms with Gasteiger partial charge in [-0.15, -0.1) is 0 Å². The maximum Gasteiger partial charge on any atom is 0.415 e. The number of ether oxygens (including phenoxy) is 3. The summed E-state index contributed by atoms with van der Waals surface area (Å²) in [5, 5.41) is 6.33. The number of rotatable bonds is 18. The van der Waals surface area contributed by atoms with Gasteiger partial charge >= 0.3 is 12.1 Å². The Morgan fingerprint density at radius 3 is 1.92 bits per heavy atom. The van der Waals surface area contributed by atoms with Crippen molar-refractivity contribution in [1.29, 1.82) is 0 Å². The zero-order chi connectivity index (χ0) is 51.0. The Balaban J connectivity index is 0.00000729. The van der Waals surface area contributed by atoms with Crippen LogP contribution in [0.4, 0.5) is 10.5 Å². The van der Waals surface area contributed by atoms with E-state index in [4.69, 9.17) is 14.2 Å². The molecule has 0 saturated carbocycles. The number of thioether (sulfide) groups is 1. The number of carbonyl (C=O) groups excluding carboxylic acids is 5. The van der Waals surface area contributed by atoms with Crippen LogP contribution >= 0.6 is 19.0 Å². The molecular formula is C59H62ClN4O8PS. The molecule has 3 aliphatic heterocycles. The molecule has 12 nitrogen and oxygen atoms in total. The van der Waals surface area contributed by atoms with Crippen molar-refractivity contribution in [2.75, 3.05) is 57.1 Å². The Kier molecular flexibility index (Phi) is 17.5. The lowest BCUT2D eigenvalue weighted by Gasteiger charge is -2.39. The Morgan fingerprint density at radius 1 is 0.716 bits per heavy atom.